The van der Waals surface area contributed by atoms with Gasteiger partial charge in [-0.05, 0) is 44.6 Å². The first-order chi connectivity index (χ1) is 13.3. The van der Waals surface area contributed by atoms with E-state index in [0.717, 1.165) is 31.7 Å². The maximum absolute atomic E-state index is 12.1. The summed E-state index contributed by atoms with van der Waals surface area (Å²) in [5.74, 6) is -1.10. The predicted molar refractivity (Wildman–Crippen MR) is 101 cm³/mol. The number of nitro groups is 1. The molecule has 0 saturated heterocycles. The monoisotopic (exact) mass is 391 g/mol. The highest BCUT2D eigenvalue weighted by molar-refractivity contribution is 5.97. The van der Waals surface area contributed by atoms with Crippen LogP contribution in [0.1, 0.15) is 49.9 Å². The lowest BCUT2D eigenvalue weighted by Crippen LogP contribution is -2.43. The molecule has 2 N–H and O–H groups in total. The van der Waals surface area contributed by atoms with Crippen molar-refractivity contribution < 1.29 is 24.0 Å². The molecule has 0 aromatic heterocycles. The summed E-state index contributed by atoms with van der Waals surface area (Å²) in [6, 6.07) is 4.26. The third kappa shape index (κ3) is 6.33. The van der Waals surface area contributed by atoms with Gasteiger partial charge in [-0.15, -0.1) is 0 Å². The second-order valence-electron chi connectivity index (χ2n) is 7.13. The van der Waals surface area contributed by atoms with Gasteiger partial charge in [0.2, 0.25) is 0 Å². The third-order valence-electron chi connectivity index (χ3n) is 4.75. The lowest BCUT2D eigenvalue weighted by molar-refractivity contribution is -0.384. The van der Waals surface area contributed by atoms with Gasteiger partial charge >= 0.3 is 5.97 Å². The number of rotatable bonds is 7. The van der Waals surface area contributed by atoms with Gasteiger partial charge in [-0.2, -0.15) is 0 Å². The highest BCUT2D eigenvalue weighted by Gasteiger charge is 2.22. The van der Waals surface area contributed by atoms with Gasteiger partial charge in [0.15, 0.2) is 6.61 Å². The normalized spacial score (nSPS) is 19.9. The van der Waals surface area contributed by atoms with Crippen LogP contribution in [0, 0.1) is 16.0 Å². The number of ether oxygens (including phenoxy) is 1. The highest BCUT2D eigenvalue weighted by Crippen LogP contribution is 2.23. The molecule has 0 aliphatic heterocycles. The van der Waals surface area contributed by atoms with Gasteiger partial charge in [0, 0.05) is 23.7 Å². The van der Waals surface area contributed by atoms with E-state index in [1.165, 1.54) is 25.1 Å². The van der Waals surface area contributed by atoms with Crippen molar-refractivity contribution in [3.8, 4) is 0 Å². The van der Waals surface area contributed by atoms with E-state index in [1.54, 1.807) is 0 Å². The maximum atomic E-state index is 12.1. The van der Waals surface area contributed by atoms with Crippen molar-refractivity contribution in [1.82, 2.24) is 10.6 Å². The number of non-ortho nitro benzene ring substituents is 1. The van der Waals surface area contributed by atoms with Crippen molar-refractivity contribution >= 4 is 23.5 Å². The van der Waals surface area contributed by atoms with E-state index in [2.05, 4.69) is 17.6 Å². The van der Waals surface area contributed by atoms with Crippen molar-refractivity contribution in [1.29, 1.82) is 0 Å². The second-order valence-corrected chi connectivity index (χ2v) is 7.13. The van der Waals surface area contributed by atoms with Crippen LogP contribution in [-0.4, -0.2) is 41.4 Å². The molecule has 0 bridgehead atoms. The maximum Gasteiger partial charge on any atom is 0.328 e. The molecule has 2 amide bonds. The van der Waals surface area contributed by atoms with Crippen LogP contribution in [0.15, 0.2) is 24.3 Å². The topological polar surface area (TPSA) is 128 Å². The Kier molecular flexibility index (Phi) is 7.48. The van der Waals surface area contributed by atoms with Gasteiger partial charge in [0.05, 0.1) is 4.92 Å². The Labute approximate surface area is 163 Å². The number of hydrogen-bond donors (Lipinski definition) is 2. The summed E-state index contributed by atoms with van der Waals surface area (Å²) in [5, 5.41) is 16.0. The Bertz CT molecular complexity index is 743. The zero-order valence-electron chi connectivity index (χ0n) is 16.0. The quantitative estimate of drug-likeness (QED) is 0.415. The minimum atomic E-state index is -1.00. The Morgan fingerprint density at radius 2 is 1.93 bits per heavy atom. The van der Waals surface area contributed by atoms with Crippen LogP contribution in [0.25, 0.3) is 0 Å². The molecule has 2 rings (SSSR count). The Morgan fingerprint density at radius 1 is 1.25 bits per heavy atom. The number of nitro benzene ring substituents is 1. The summed E-state index contributed by atoms with van der Waals surface area (Å²) >= 11 is 0. The van der Waals surface area contributed by atoms with Crippen molar-refractivity contribution in [3.05, 3.63) is 39.9 Å². The number of nitrogens with one attached hydrogen (secondary N) is 2. The number of esters is 1. The van der Waals surface area contributed by atoms with E-state index in [0.29, 0.717) is 5.92 Å². The van der Waals surface area contributed by atoms with E-state index in [1.807, 2.05) is 0 Å². The Hall–Kier alpha value is -2.97. The molecule has 28 heavy (non-hydrogen) atoms. The van der Waals surface area contributed by atoms with Crippen molar-refractivity contribution in [2.45, 2.75) is 51.6 Å². The van der Waals surface area contributed by atoms with Crippen LogP contribution in [0.3, 0.4) is 0 Å². The standard InChI is InChI=1S/C19H25N3O6/c1-12-6-8-15(9-7-12)21-17(23)11-28-19(25)13(2)20-18(24)14-4-3-5-16(10-14)22(26)27/h3-5,10,12-13,15H,6-9,11H2,1-2H3,(H,20,24)(H,21,23). The SMILES string of the molecule is CC1CCC(NC(=O)COC(=O)C(C)NC(=O)c2cccc([N+](=O)[O-])c2)CC1. The van der Waals surface area contributed by atoms with Crippen LogP contribution in [0.4, 0.5) is 5.69 Å². The molecule has 9 heteroatoms. The van der Waals surface area contributed by atoms with E-state index in [4.69, 9.17) is 4.74 Å². The summed E-state index contributed by atoms with van der Waals surface area (Å²) < 4.78 is 4.95. The van der Waals surface area contributed by atoms with E-state index in [9.17, 15) is 24.5 Å². The van der Waals surface area contributed by atoms with Gasteiger partial charge in [-0.1, -0.05) is 13.0 Å². The van der Waals surface area contributed by atoms with E-state index >= 15 is 0 Å². The van der Waals surface area contributed by atoms with E-state index in [-0.39, 0.29) is 23.2 Å². The zero-order valence-corrected chi connectivity index (χ0v) is 16.0. The molecule has 1 atom stereocenters. The van der Waals surface area contributed by atoms with Crippen molar-refractivity contribution in [3.63, 3.8) is 0 Å². The first kappa shape index (κ1) is 21.3. The lowest BCUT2D eigenvalue weighted by atomic mass is 9.87. The fourth-order valence-corrected chi connectivity index (χ4v) is 3.04. The summed E-state index contributed by atoms with van der Waals surface area (Å²) in [5.41, 5.74) is -0.172. The molecule has 152 valence electrons. The lowest BCUT2D eigenvalue weighted by Gasteiger charge is -2.26. The largest absolute Gasteiger partial charge is 0.454 e. The Morgan fingerprint density at radius 3 is 2.57 bits per heavy atom. The van der Waals surface area contributed by atoms with Crippen LogP contribution >= 0.6 is 0 Å². The molecular formula is C19H25N3O6. The fourth-order valence-electron chi connectivity index (χ4n) is 3.04. The summed E-state index contributed by atoms with van der Waals surface area (Å²) in [6.45, 7) is 3.18. The van der Waals surface area contributed by atoms with Gasteiger partial charge < -0.3 is 15.4 Å². The number of nitrogens with zero attached hydrogens (tertiary/aromatic N) is 1. The van der Waals surface area contributed by atoms with E-state index < -0.39 is 29.4 Å². The first-order valence-corrected chi connectivity index (χ1v) is 9.27. The number of carbonyl (C=O) groups excluding carboxylic acids is 3. The van der Waals surface area contributed by atoms with Gasteiger partial charge in [0.25, 0.3) is 17.5 Å². The fraction of sp³-hybridized carbons (Fsp3) is 0.526. The van der Waals surface area contributed by atoms with Gasteiger partial charge in [-0.25, -0.2) is 4.79 Å². The predicted octanol–water partition coefficient (Wildman–Crippen LogP) is 1.95. The first-order valence-electron chi connectivity index (χ1n) is 9.27. The minimum absolute atomic E-state index is 0.0538. The molecule has 1 aromatic carbocycles. The summed E-state index contributed by atoms with van der Waals surface area (Å²) in [6.07, 6.45) is 3.95. The summed E-state index contributed by atoms with van der Waals surface area (Å²) in [4.78, 5) is 46.2. The summed E-state index contributed by atoms with van der Waals surface area (Å²) in [7, 11) is 0. The van der Waals surface area contributed by atoms with Crippen LogP contribution in [-0.2, 0) is 14.3 Å². The molecule has 1 saturated carbocycles. The molecule has 1 aliphatic carbocycles. The number of hydrogen-bond acceptors (Lipinski definition) is 6. The molecule has 0 spiro atoms. The van der Waals surface area contributed by atoms with Crippen molar-refractivity contribution in [2.24, 2.45) is 5.92 Å². The second kappa shape index (κ2) is 9.82. The molecule has 9 nitrogen and oxygen atoms in total. The van der Waals surface area contributed by atoms with Crippen LogP contribution < -0.4 is 10.6 Å². The van der Waals surface area contributed by atoms with Crippen molar-refractivity contribution in [2.75, 3.05) is 6.61 Å². The molecule has 0 radical (unpaired) electrons. The third-order valence-corrected chi connectivity index (χ3v) is 4.75. The average Bonchev–Trinajstić information content (AvgIpc) is 2.67. The number of benzene rings is 1. The smallest absolute Gasteiger partial charge is 0.328 e. The van der Waals surface area contributed by atoms with Gasteiger partial charge in [0.1, 0.15) is 6.04 Å². The molecule has 0 heterocycles. The molecule has 1 fully saturated rings. The van der Waals surface area contributed by atoms with Gasteiger partial charge in [-0.3, -0.25) is 19.7 Å². The molecule has 1 unspecified atom stereocenters. The molecular weight excluding hydrogens is 366 g/mol. The van der Waals surface area contributed by atoms with Crippen LogP contribution in [0.5, 0.6) is 0 Å². The van der Waals surface area contributed by atoms with Crippen LogP contribution in [0.2, 0.25) is 0 Å². The molecule has 1 aromatic rings. The number of amides is 2. The minimum Gasteiger partial charge on any atom is -0.454 e. The molecule has 1 aliphatic rings. The highest BCUT2D eigenvalue weighted by atomic mass is 16.6. The average molecular weight is 391 g/mol. The Balaban J connectivity index is 1.77. The zero-order chi connectivity index (χ0) is 20.7. The number of carbonyl (C=O) groups is 3.